The van der Waals surface area contributed by atoms with Gasteiger partial charge in [-0.05, 0) is 36.6 Å². The molecule has 0 bridgehead atoms. The van der Waals surface area contributed by atoms with Gasteiger partial charge in [0.15, 0.2) is 0 Å². The smallest absolute Gasteiger partial charge is 0.401 e. The van der Waals surface area contributed by atoms with Crippen LogP contribution in [0.2, 0.25) is 5.02 Å². The number of alkyl halides is 3. The number of anilines is 1. The minimum Gasteiger partial charge on any atom is -0.481 e. The van der Waals surface area contributed by atoms with Crippen LogP contribution in [-0.2, 0) is 22.4 Å². The van der Waals surface area contributed by atoms with Crippen molar-refractivity contribution in [3.8, 4) is 0 Å². The van der Waals surface area contributed by atoms with Crippen molar-refractivity contribution in [2.24, 2.45) is 0 Å². The van der Waals surface area contributed by atoms with Crippen molar-refractivity contribution in [1.82, 2.24) is 19.7 Å². The van der Waals surface area contributed by atoms with Crippen molar-refractivity contribution in [1.29, 1.82) is 0 Å². The van der Waals surface area contributed by atoms with E-state index in [-0.39, 0.29) is 66.8 Å². The molecule has 2 fully saturated rings. The summed E-state index contributed by atoms with van der Waals surface area (Å²) in [6.45, 7) is 0.526. The fourth-order valence-corrected chi connectivity index (χ4v) is 7.65. The molecule has 260 valence electrons. The molecule has 4 heterocycles. The lowest BCUT2D eigenvalue weighted by Gasteiger charge is -2.38. The predicted molar refractivity (Wildman–Crippen MR) is 174 cm³/mol. The van der Waals surface area contributed by atoms with Crippen molar-refractivity contribution in [2.75, 3.05) is 44.6 Å². The van der Waals surface area contributed by atoms with E-state index in [1.807, 2.05) is 0 Å². The molecule has 2 aromatic carbocycles. The van der Waals surface area contributed by atoms with Crippen LogP contribution >= 0.6 is 22.9 Å². The fourth-order valence-electron chi connectivity index (χ4n) is 6.38. The van der Waals surface area contributed by atoms with Gasteiger partial charge < -0.3 is 19.7 Å². The van der Waals surface area contributed by atoms with Gasteiger partial charge in [0.05, 0.1) is 41.7 Å². The number of carboxylic acid groups (broad SMARTS) is 1. The maximum Gasteiger partial charge on any atom is 0.401 e. The number of nitrogens with one attached hydrogen (secondary N) is 1. The van der Waals surface area contributed by atoms with Crippen molar-refractivity contribution in [3.63, 3.8) is 0 Å². The molecular formula is C33H32ClF4N5O5S. The highest BCUT2D eigenvalue weighted by Gasteiger charge is 2.42. The first-order valence-electron chi connectivity index (χ1n) is 15.6. The molecule has 2 aromatic heterocycles. The van der Waals surface area contributed by atoms with Crippen LogP contribution < -0.4 is 5.32 Å². The Hall–Kier alpha value is -4.05. The largest absolute Gasteiger partial charge is 0.481 e. The number of aryl methyl sites for hydroxylation is 1. The molecule has 49 heavy (non-hydrogen) atoms. The Morgan fingerprint density at radius 2 is 1.88 bits per heavy atom. The van der Waals surface area contributed by atoms with Gasteiger partial charge in [-0.15, -0.1) is 11.3 Å². The lowest BCUT2D eigenvalue weighted by Crippen LogP contribution is -2.52. The fraction of sp³-hybridized carbons (Fsp3) is 0.394. The molecular weight excluding hydrogens is 690 g/mol. The van der Waals surface area contributed by atoms with Gasteiger partial charge in [0.2, 0.25) is 5.91 Å². The number of hydrogen-bond acceptors (Lipinski definition) is 8. The molecule has 16 heteroatoms. The van der Waals surface area contributed by atoms with Crippen LogP contribution in [0.1, 0.15) is 44.7 Å². The van der Waals surface area contributed by atoms with Gasteiger partial charge in [0, 0.05) is 55.2 Å². The van der Waals surface area contributed by atoms with E-state index in [2.05, 4.69) is 15.2 Å². The molecule has 6 rings (SSSR count). The Balaban J connectivity index is 1.17. The van der Waals surface area contributed by atoms with E-state index in [4.69, 9.17) is 21.1 Å². The van der Waals surface area contributed by atoms with Gasteiger partial charge in [-0.1, -0.05) is 29.8 Å². The lowest BCUT2D eigenvalue weighted by atomic mass is 10.1. The summed E-state index contributed by atoms with van der Waals surface area (Å²) < 4.78 is 59.7. The number of benzene rings is 2. The minimum atomic E-state index is -4.29. The quantitative estimate of drug-likeness (QED) is 0.191. The Labute approximate surface area is 287 Å². The monoisotopic (exact) mass is 721 g/mol. The number of nitrogens with zero attached hydrogens (tertiary/aromatic N) is 4. The number of hydrogen-bond donors (Lipinski definition) is 2. The normalized spacial score (nSPS) is 19.1. The van der Waals surface area contributed by atoms with Crippen LogP contribution in [0.25, 0.3) is 11.0 Å². The van der Waals surface area contributed by atoms with Crippen molar-refractivity contribution in [3.05, 3.63) is 80.7 Å². The van der Waals surface area contributed by atoms with Gasteiger partial charge in [0.25, 0.3) is 5.91 Å². The number of fused-ring (bicyclic) bond motifs is 1. The van der Waals surface area contributed by atoms with Crippen molar-refractivity contribution in [2.45, 2.75) is 43.9 Å². The highest BCUT2D eigenvalue weighted by molar-refractivity contribution is 7.11. The van der Waals surface area contributed by atoms with Crippen LogP contribution in [0.15, 0.2) is 53.3 Å². The van der Waals surface area contributed by atoms with Crippen LogP contribution in [0.5, 0.6) is 0 Å². The minimum absolute atomic E-state index is 0.0195. The highest BCUT2D eigenvalue weighted by atomic mass is 35.5. The first-order chi connectivity index (χ1) is 23.3. The number of carbonyl (C=O) groups is 3. The Bertz CT molecular complexity index is 1860. The average Bonchev–Trinajstić information content (AvgIpc) is 3.80. The predicted octanol–water partition coefficient (Wildman–Crippen LogP) is 6.02. The van der Waals surface area contributed by atoms with E-state index in [1.54, 1.807) is 35.4 Å². The molecule has 2 N–H and O–H groups in total. The SMILES string of the molecule is O=C(O)CCc1cnc(C2C[C@H](N3CCN(CC(F)(F)F)CC3)CN2C(=O)Cc2cc(Cl)c(NC(=O)c3coc4ccccc34)cc2F)s1. The summed E-state index contributed by atoms with van der Waals surface area (Å²) in [5.74, 6) is -2.64. The lowest BCUT2D eigenvalue weighted by molar-refractivity contribution is -0.150. The second kappa shape index (κ2) is 14.4. The van der Waals surface area contributed by atoms with Gasteiger partial charge >= 0.3 is 12.1 Å². The number of halogens is 5. The van der Waals surface area contributed by atoms with Crippen LogP contribution in [0, 0.1) is 5.82 Å². The Morgan fingerprint density at radius 1 is 1.12 bits per heavy atom. The zero-order chi connectivity index (χ0) is 34.9. The number of aliphatic carboxylic acids is 1. The standard InChI is InChI=1S/C33H32ClF4N5O5S/c34-24-11-19(25(35)14-26(24)40-31(47)23-17-48-28-4-2-1-3-22(23)28)12-29(44)43-16-20(42-9-7-41(8-10-42)18-33(36,37)38)13-27(43)32-39-15-21(49-32)5-6-30(45)46/h1-4,11,14-15,17,20,27H,5-10,12-13,16,18H2,(H,40,47)(H,45,46)/t20-,27?/m0/s1. The molecule has 1 unspecified atom stereocenters. The number of furan rings is 1. The summed E-state index contributed by atoms with van der Waals surface area (Å²) >= 11 is 7.77. The maximum absolute atomic E-state index is 15.5. The number of carboxylic acids is 1. The van der Waals surface area contributed by atoms with Crippen LogP contribution in [-0.4, -0.2) is 94.1 Å². The summed E-state index contributed by atoms with van der Waals surface area (Å²) in [6.07, 6.45) is -1.06. The maximum atomic E-state index is 15.5. The number of para-hydroxylation sites is 1. The molecule has 2 aliphatic heterocycles. The number of aromatic nitrogens is 1. The van der Waals surface area contributed by atoms with E-state index >= 15 is 4.39 Å². The second-order valence-electron chi connectivity index (χ2n) is 12.1. The summed E-state index contributed by atoms with van der Waals surface area (Å²) in [5.41, 5.74) is 0.798. The van der Waals surface area contributed by atoms with Crippen LogP contribution in [0.4, 0.5) is 23.2 Å². The molecule has 2 saturated heterocycles. The molecule has 2 atom stereocenters. The number of thiazole rings is 1. The van der Waals surface area contributed by atoms with E-state index in [0.29, 0.717) is 35.5 Å². The number of carbonyl (C=O) groups excluding carboxylic acids is 2. The number of likely N-dealkylation sites (tertiary alicyclic amines) is 1. The first kappa shape index (κ1) is 34.8. The number of amides is 2. The summed E-state index contributed by atoms with van der Waals surface area (Å²) in [6, 6.07) is 8.66. The van der Waals surface area contributed by atoms with Crippen molar-refractivity contribution < 1.29 is 41.5 Å². The molecule has 0 radical (unpaired) electrons. The third-order valence-electron chi connectivity index (χ3n) is 8.82. The van der Waals surface area contributed by atoms with E-state index in [1.165, 1.54) is 28.6 Å². The summed E-state index contributed by atoms with van der Waals surface area (Å²) in [7, 11) is 0. The molecule has 0 spiro atoms. The molecule has 0 saturated carbocycles. The topological polar surface area (TPSA) is 119 Å². The molecule has 10 nitrogen and oxygen atoms in total. The van der Waals surface area contributed by atoms with Gasteiger partial charge in [-0.2, -0.15) is 13.2 Å². The summed E-state index contributed by atoms with van der Waals surface area (Å²) in [5, 5.41) is 12.9. The van der Waals surface area contributed by atoms with E-state index < -0.39 is 42.4 Å². The third kappa shape index (κ3) is 8.23. The van der Waals surface area contributed by atoms with Gasteiger partial charge in [-0.25, -0.2) is 9.37 Å². The highest BCUT2D eigenvalue weighted by Crippen LogP contribution is 2.38. The first-order valence-corrected chi connectivity index (χ1v) is 16.8. The van der Waals surface area contributed by atoms with Gasteiger partial charge in [-0.3, -0.25) is 24.2 Å². The molecule has 2 aliphatic rings. The molecule has 0 aliphatic carbocycles. The zero-order valence-electron chi connectivity index (χ0n) is 26.0. The van der Waals surface area contributed by atoms with E-state index in [9.17, 15) is 27.6 Å². The number of piperazine rings is 1. The second-order valence-corrected chi connectivity index (χ2v) is 13.7. The van der Waals surface area contributed by atoms with Crippen molar-refractivity contribution >= 4 is 57.4 Å². The number of rotatable bonds is 10. The third-order valence-corrected chi connectivity index (χ3v) is 10.3. The van der Waals surface area contributed by atoms with Gasteiger partial charge in [0.1, 0.15) is 22.7 Å². The zero-order valence-corrected chi connectivity index (χ0v) is 27.6. The average molecular weight is 722 g/mol. The summed E-state index contributed by atoms with van der Waals surface area (Å²) in [4.78, 5) is 48.2. The molecule has 2 amide bonds. The van der Waals surface area contributed by atoms with Crippen LogP contribution in [0.3, 0.4) is 0 Å². The molecule has 4 aromatic rings. The Kier molecular flexibility index (Phi) is 10.2. The van der Waals surface area contributed by atoms with E-state index in [0.717, 1.165) is 10.9 Å². The Morgan fingerprint density at radius 3 is 2.61 bits per heavy atom.